The minimum Gasteiger partial charge on any atom is -0.339 e. The van der Waals surface area contributed by atoms with Crippen LogP contribution in [-0.4, -0.2) is 34.9 Å². The van der Waals surface area contributed by atoms with Crippen LogP contribution in [0.4, 0.5) is 5.69 Å². The van der Waals surface area contributed by atoms with Crippen LogP contribution in [0.1, 0.15) is 46.0 Å². The van der Waals surface area contributed by atoms with Gasteiger partial charge in [0, 0.05) is 22.2 Å². The quantitative estimate of drug-likeness (QED) is 0.458. The van der Waals surface area contributed by atoms with E-state index in [1.807, 2.05) is 36.1 Å². The van der Waals surface area contributed by atoms with E-state index < -0.39 is 0 Å². The number of nitrogens with one attached hydrogen (secondary N) is 2. The van der Waals surface area contributed by atoms with Crippen LogP contribution in [0.5, 0.6) is 0 Å². The summed E-state index contributed by atoms with van der Waals surface area (Å²) in [7, 11) is 0. The molecule has 2 amide bonds. The molecule has 0 unspecified atom stereocenters. The fraction of sp³-hybridized carbons (Fsp3) is 0.318. The second kappa shape index (κ2) is 9.67. The molecule has 0 radical (unpaired) electrons. The van der Waals surface area contributed by atoms with Crippen molar-refractivity contribution in [3.05, 3.63) is 62.7 Å². The number of halogens is 1. The second-order valence-electron chi connectivity index (χ2n) is 7.39. The Morgan fingerprint density at radius 3 is 2.52 bits per heavy atom. The zero-order valence-corrected chi connectivity index (χ0v) is 19.5. The predicted molar refractivity (Wildman–Crippen MR) is 128 cm³/mol. The smallest absolute Gasteiger partial charge is 0.257 e. The van der Waals surface area contributed by atoms with E-state index >= 15 is 0 Å². The van der Waals surface area contributed by atoms with Gasteiger partial charge in [-0.15, -0.1) is 0 Å². The number of hydrogen-bond donors (Lipinski definition) is 2. The maximum absolute atomic E-state index is 13.0. The molecule has 1 saturated heterocycles. The zero-order chi connectivity index (χ0) is 21.0. The number of para-hydroxylation sites is 1. The first-order valence-corrected chi connectivity index (χ1v) is 11.1. The number of anilines is 1. The van der Waals surface area contributed by atoms with E-state index in [1.165, 1.54) is 0 Å². The third-order valence-electron chi connectivity index (χ3n) is 5.14. The molecule has 3 rings (SSSR count). The van der Waals surface area contributed by atoms with Gasteiger partial charge in [0.05, 0.1) is 11.3 Å². The van der Waals surface area contributed by atoms with Gasteiger partial charge < -0.3 is 10.2 Å². The van der Waals surface area contributed by atoms with E-state index in [9.17, 15) is 9.59 Å². The third kappa shape index (κ3) is 5.54. The molecular formula is C22H24IN3O2S. The highest BCUT2D eigenvalue weighted by atomic mass is 127. The molecule has 7 heteroatoms. The van der Waals surface area contributed by atoms with Crippen molar-refractivity contribution < 1.29 is 9.59 Å². The van der Waals surface area contributed by atoms with Crippen molar-refractivity contribution in [1.29, 1.82) is 0 Å². The van der Waals surface area contributed by atoms with Gasteiger partial charge >= 0.3 is 0 Å². The lowest BCUT2D eigenvalue weighted by Gasteiger charge is -2.30. The summed E-state index contributed by atoms with van der Waals surface area (Å²) in [6.45, 7) is 5.74. The molecule has 2 aromatic carbocycles. The van der Waals surface area contributed by atoms with Gasteiger partial charge in [0.2, 0.25) is 0 Å². The molecule has 0 aliphatic carbocycles. The Morgan fingerprint density at radius 2 is 1.83 bits per heavy atom. The number of nitrogens with zero attached hydrogens (tertiary/aromatic N) is 1. The number of rotatable bonds is 3. The minimum atomic E-state index is -0.283. The number of carbonyl (C=O) groups excluding carboxylic acids is 2. The van der Waals surface area contributed by atoms with E-state index in [0.717, 1.165) is 35.1 Å². The molecule has 2 N–H and O–H groups in total. The lowest BCUT2D eigenvalue weighted by molar-refractivity contribution is 0.0698. The summed E-state index contributed by atoms with van der Waals surface area (Å²) >= 11 is 7.52. The van der Waals surface area contributed by atoms with Gasteiger partial charge in [0.1, 0.15) is 0 Å². The van der Waals surface area contributed by atoms with Crippen LogP contribution in [0.3, 0.4) is 0 Å². The average molecular weight is 521 g/mol. The average Bonchev–Trinajstić information content (AvgIpc) is 2.70. The Morgan fingerprint density at radius 1 is 1.14 bits per heavy atom. The number of thiocarbonyl (C=S) groups is 1. The standard InChI is InChI=1S/C22H24IN3O2S/c1-14-9-11-26(12-10-14)21(28)17-5-3-4-6-19(17)24-22(29)25-20(27)16-8-7-15(2)18(23)13-16/h3-8,13-14H,9-12H2,1-2H3,(H2,24,25,27,29). The van der Waals surface area contributed by atoms with Crippen LogP contribution in [0.15, 0.2) is 42.5 Å². The number of aryl methyl sites for hydroxylation is 1. The first-order valence-electron chi connectivity index (χ1n) is 9.62. The van der Waals surface area contributed by atoms with Gasteiger partial charge in [-0.05, 0) is 90.3 Å². The Bertz CT molecular complexity index is 939. The summed E-state index contributed by atoms with van der Waals surface area (Å²) in [4.78, 5) is 27.4. The normalized spacial score (nSPS) is 14.4. The predicted octanol–water partition coefficient (Wildman–Crippen LogP) is 4.60. The Labute approximate surface area is 190 Å². The van der Waals surface area contributed by atoms with Crippen molar-refractivity contribution in [2.45, 2.75) is 26.7 Å². The van der Waals surface area contributed by atoms with E-state index in [-0.39, 0.29) is 16.9 Å². The fourth-order valence-electron chi connectivity index (χ4n) is 3.22. The van der Waals surface area contributed by atoms with Gasteiger partial charge in [-0.2, -0.15) is 0 Å². The molecule has 152 valence electrons. The van der Waals surface area contributed by atoms with Gasteiger partial charge in [-0.3, -0.25) is 14.9 Å². The molecule has 0 bridgehead atoms. The third-order valence-corrected chi connectivity index (χ3v) is 6.50. The van der Waals surface area contributed by atoms with Gasteiger partial charge in [-0.25, -0.2) is 0 Å². The summed E-state index contributed by atoms with van der Waals surface area (Å²) in [6, 6.07) is 12.8. The first-order chi connectivity index (χ1) is 13.8. The number of hydrogen-bond acceptors (Lipinski definition) is 3. The highest BCUT2D eigenvalue weighted by Crippen LogP contribution is 2.22. The number of piperidine rings is 1. The molecule has 1 aliphatic heterocycles. The molecule has 0 atom stereocenters. The molecular weight excluding hydrogens is 497 g/mol. The monoisotopic (exact) mass is 521 g/mol. The van der Waals surface area contributed by atoms with Crippen LogP contribution < -0.4 is 10.6 Å². The van der Waals surface area contributed by atoms with Gasteiger partial charge in [-0.1, -0.05) is 25.1 Å². The fourth-order valence-corrected chi connectivity index (χ4v) is 3.94. The molecule has 29 heavy (non-hydrogen) atoms. The van der Waals surface area contributed by atoms with Crippen molar-refractivity contribution in [2.75, 3.05) is 18.4 Å². The maximum Gasteiger partial charge on any atom is 0.257 e. The molecule has 0 saturated carbocycles. The molecule has 0 aromatic heterocycles. The highest BCUT2D eigenvalue weighted by molar-refractivity contribution is 14.1. The van der Waals surface area contributed by atoms with Crippen molar-refractivity contribution in [1.82, 2.24) is 10.2 Å². The van der Waals surface area contributed by atoms with E-state index in [0.29, 0.717) is 22.7 Å². The van der Waals surface area contributed by atoms with Gasteiger partial charge in [0.25, 0.3) is 11.8 Å². The molecule has 1 aliphatic rings. The minimum absolute atomic E-state index is 0.0118. The van der Waals surface area contributed by atoms with E-state index in [2.05, 4.69) is 40.1 Å². The van der Waals surface area contributed by atoms with E-state index in [1.54, 1.807) is 18.2 Å². The largest absolute Gasteiger partial charge is 0.339 e. The van der Waals surface area contributed by atoms with Crippen LogP contribution >= 0.6 is 34.8 Å². The number of carbonyl (C=O) groups is 2. The molecule has 1 heterocycles. The summed E-state index contributed by atoms with van der Waals surface area (Å²) in [5.41, 5.74) is 2.81. The van der Waals surface area contributed by atoms with Crippen LogP contribution in [0, 0.1) is 16.4 Å². The topological polar surface area (TPSA) is 61.4 Å². The van der Waals surface area contributed by atoms with Crippen molar-refractivity contribution in [2.24, 2.45) is 5.92 Å². The highest BCUT2D eigenvalue weighted by Gasteiger charge is 2.23. The Hall–Kier alpha value is -2.00. The first kappa shape index (κ1) is 21.7. The molecule has 2 aromatic rings. The lowest BCUT2D eigenvalue weighted by atomic mass is 9.98. The van der Waals surface area contributed by atoms with Crippen molar-refractivity contribution in [3.63, 3.8) is 0 Å². The lowest BCUT2D eigenvalue weighted by Crippen LogP contribution is -2.39. The molecule has 5 nitrogen and oxygen atoms in total. The Balaban J connectivity index is 1.68. The van der Waals surface area contributed by atoms with Crippen LogP contribution in [0.25, 0.3) is 0 Å². The SMILES string of the molecule is Cc1ccc(C(=O)NC(=S)Nc2ccccc2C(=O)N2CCC(C)CC2)cc1I. The van der Waals surface area contributed by atoms with Crippen molar-refractivity contribution in [3.8, 4) is 0 Å². The summed E-state index contributed by atoms with van der Waals surface area (Å²) < 4.78 is 1.01. The molecule has 0 spiro atoms. The molecule has 1 fully saturated rings. The van der Waals surface area contributed by atoms with Gasteiger partial charge in [0.15, 0.2) is 5.11 Å². The number of benzene rings is 2. The van der Waals surface area contributed by atoms with E-state index in [4.69, 9.17) is 12.2 Å². The summed E-state index contributed by atoms with van der Waals surface area (Å²) in [5.74, 6) is 0.358. The van der Waals surface area contributed by atoms with Crippen LogP contribution in [-0.2, 0) is 0 Å². The van der Waals surface area contributed by atoms with Crippen LogP contribution in [0.2, 0.25) is 0 Å². The summed E-state index contributed by atoms with van der Waals surface area (Å²) in [6.07, 6.45) is 2.04. The zero-order valence-electron chi connectivity index (χ0n) is 16.5. The Kier molecular flexibility index (Phi) is 7.23. The number of likely N-dealkylation sites (tertiary alicyclic amines) is 1. The maximum atomic E-state index is 13.0. The summed E-state index contributed by atoms with van der Waals surface area (Å²) in [5, 5.41) is 5.88. The number of amides is 2. The second-order valence-corrected chi connectivity index (χ2v) is 8.96. The van der Waals surface area contributed by atoms with Crippen molar-refractivity contribution >= 4 is 57.4 Å².